The molecule has 0 spiro atoms. The molecule has 0 bridgehead atoms. The van der Waals surface area contributed by atoms with E-state index in [1.165, 1.54) is 0 Å². The monoisotopic (exact) mass is 173 g/mol. The molecule has 0 aromatic heterocycles. The molecule has 0 rings (SSSR count). The summed E-state index contributed by atoms with van der Waals surface area (Å²) < 4.78 is 9.65. The highest BCUT2D eigenvalue weighted by atomic mass is 16.5. The van der Waals surface area contributed by atoms with E-state index in [9.17, 15) is 4.79 Å². The van der Waals surface area contributed by atoms with Crippen LogP contribution in [0.3, 0.4) is 0 Å². The fourth-order valence-electron chi connectivity index (χ4n) is 0.574. The average molecular weight is 173 g/mol. The molecule has 0 unspecified atom stereocenters. The van der Waals surface area contributed by atoms with E-state index >= 15 is 0 Å². The molecule has 0 fully saturated rings. The molecule has 0 aromatic carbocycles. The van der Waals surface area contributed by atoms with Crippen LogP contribution in [0.15, 0.2) is 12.7 Å². The molecule has 0 aliphatic heterocycles. The van der Waals surface area contributed by atoms with Gasteiger partial charge in [0.15, 0.2) is 0 Å². The predicted octanol–water partition coefficient (Wildman–Crippen LogP) is 0.935. The molecule has 0 aliphatic carbocycles. The molecule has 4 nitrogen and oxygen atoms in total. The zero-order chi connectivity index (χ0) is 9.23. The van der Waals surface area contributed by atoms with Gasteiger partial charge in [-0.3, -0.25) is 0 Å². The normalized spacial score (nSPS) is 9.08. The zero-order valence-electron chi connectivity index (χ0n) is 7.34. The summed E-state index contributed by atoms with van der Waals surface area (Å²) >= 11 is 0. The van der Waals surface area contributed by atoms with Crippen LogP contribution in [0.25, 0.3) is 0 Å². The third-order valence-corrected chi connectivity index (χ3v) is 1.03. The maximum Gasteiger partial charge on any atom is 0.407 e. The maximum absolute atomic E-state index is 10.7. The van der Waals surface area contributed by atoms with Crippen molar-refractivity contribution in [1.82, 2.24) is 5.32 Å². The fourth-order valence-corrected chi connectivity index (χ4v) is 0.574. The Labute approximate surface area is 72.5 Å². The summed E-state index contributed by atoms with van der Waals surface area (Å²) in [5.41, 5.74) is 0. The van der Waals surface area contributed by atoms with E-state index in [2.05, 4.69) is 16.6 Å². The molecule has 0 saturated heterocycles. The van der Waals surface area contributed by atoms with E-state index in [1.807, 2.05) is 0 Å². The van der Waals surface area contributed by atoms with Gasteiger partial charge < -0.3 is 14.8 Å². The van der Waals surface area contributed by atoms with Crippen molar-refractivity contribution in [1.29, 1.82) is 0 Å². The van der Waals surface area contributed by atoms with Gasteiger partial charge in [-0.1, -0.05) is 6.08 Å². The predicted molar refractivity (Wildman–Crippen MR) is 46.0 cm³/mol. The molecule has 1 amide bonds. The van der Waals surface area contributed by atoms with Crippen molar-refractivity contribution < 1.29 is 14.3 Å². The molecule has 4 heteroatoms. The number of amides is 1. The first kappa shape index (κ1) is 11.0. The SMILES string of the molecule is C=CCOCCNC(=O)OCC. The van der Waals surface area contributed by atoms with Gasteiger partial charge in [-0.05, 0) is 6.92 Å². The van der Waals surface area contributed by atoms with E-state index in [1.54, 1.807) is 13.0 Å². The molecule has 1 N–H and O–H groups in total. The maximum atomic E-state index is 10.7. The van der Waals surface area contributed by atoms with Crippen LogP contribution >= 0.6 is 0 Å². The second-order valence-corrected chi connectivity index (χ2v) is 2.01. The van der Waals surface area contributed by atoms with E-state index in [4.69, 9.17) is 4.74 Å². The van der Waals surface area contributed by atoms with Crippen molar-refractivity contribution >= 4 is 6.09 Å². The van der Waals surface area contributed by atoms with Crippen molar-refractivity contribution in [2.45, 2.75) is 6.92 Å². The summed E-state index contributed by atoms with van der Waals surface area (Å²) in [6, 6.07) is 0. The Morgan fingerprint density at radius 3 is 3.00 bits per heavy atom. The summed E-state index contributed by atoms with van der Waals surface area (Å²) in [6.45, 7) is 7.08. The Morgan fingerprint density at radius 2 is 2.42 bits per heavy atom. The Morgan fingerprint density at radius 1 is 1.67 bits per heavy atom. The van der Waals surface area contributed by atoms with Crippen LogP contribution < -0.4 is 5.32 Å². The van der Waals surface area contributed by atoms with Gasteiger partial charge in [0.05, 0.1) is 19.8 Å². The number of rotatable bonds is 6. The van der Waals surface area contributed by atoms with Gasteiger partial charge in [-0.15, -0.1) is 6.58 Å². The second-order valence-electron chi connectivity index (χ2n) is 2.01. The minimum atomic E-state index is -0.403. The summed E-state index contributed by atoms with van der Waals surface area (Å²) in [6.07, 6.45) is 1.25. The van der Waals surface area contributed by atoms with Gasteiger partial charge >= 0.3 is 6.09 Å². The second kappa shape index (κ2) is 8.07. The minimum absolute atomic E-state index is 0.388. The summed E-state index contributed by atoms with van der Waals surface area (Å²) in [7, 11) is 0. The summed E-state index contributed by atoms with van der Waals surface area (Å²) in [4.78, 5) is 10.7. The fraction of sp³-hybridized carbons (Fsp3) is 0.625. The molecule has 12 heavy (non-hydrogen) atoms. The van der Waals surface area contributed by atoms with Crippen LogP contribution in [0.5, 0.6) is 0 Å². The highest BCUT2D eigenvalue weighted by Crippen LogP contribution is 1.77. The number of alkyl carbamates (subject to hydrolysis) is 1. The lowest BCUT2D eigenvalue weighted by atomic mass is 10.6. The molecule has 70 valence electrons. The third kappa shape index (κ3) is 7.08. The first-order chi connectivity index (χ1) is 5.81. The Balaban J connectivity index is 3.08. The molecule has 0 atom stereocenters. The first-order valence-electron chi connectivity index (χ1n) is 3.90. The molecule has 0 heterocycles. The van der Waals surface area contributed by atoms with Crippen molar-refractivity contribution in [2.75, 3.05) is 26.4 Å². The molecule has 0 aliphatic rings. The van der Waals surface area contributed by atoms with E-state index in [0.717, 1.165) is 0 Å². The van der Waals surface area contributed by atoms with Crippen LogP contribution in [-0.4, -0.2) is 32.5 Å². The van der Waals surface area contributed by atoms with Crippen molar-refractivity contribution in [3.05, 3.63) is 12.7 Å². The number of carbonyl (C=O) groups excluding carboxylic acids is 1. The highest BCUT2D eigenvalue weighted by molar-refractivity contribution is 5.66. The quantitative estimate of drug-likeness (QED) is 0.480. The van der Waals surface area contributed by atoms with Crippen molar-refractivity contribution in [3.63, 3.8) is 0 Å². The van der Waals surface area contributed by atoms with E-state index in [0.29, 0.717) is 26.4 Å². The minimum Gasteiger partial charge on any atom is -0.450 e. The van der Waals surface area contributed by atoms with Crippen LogP contribution in [0.1, 0.15) is 6.92 Å². The molecule has 0 aromatic rings. The van der Waals surface area contributed by atoms with Crippen LogP contribution in [0, 0.1) is 0 Å². The Bertz CT molecular complexity index is 136. The zero-order valence-corrected chi connectivity index (χ0v) is 7.34. The number of ether oxygens (including phenoxy) is 2. The van der Waals surface area contributed by atoms with E-state index in [-0.39, 0.29) is 0 Å². The summed E-state index contributed by atoms with van der Waals surface area (Å²) in [5, 5.41) is 2.52. The standard InChI is InChI=1S/C8H15NO3/c1-3-6-11-7-5-9-8(10)12-4-2/h3H,1,4-7H2,2H3,(H,9,10). The largest absolute Gasteiger partial charge is 0.450 e. The van der Waals surface area contributed by atoms with Gasteiger partial charge in [0.2, 0.25) is 0 Å². The molecular weight excluding hydrogens is 158 g/mol. The van der Waals surface area contributed by atoms with E-state index < -0.39 is 6.09 Å². The molecule has 0 saturated carbocycles. The lowest BCUT2D eigenvalue weighted by Gasteiger charge is -2.04. The van der Waals surface area contributed by atoms with Crippen molar-refractivity contribution in [2.24, 2.45) is 0 Å². The van der Waals surface area contributed by atoms with Crippen LogP contribution in [0.2, 0.25) is 0 Å². The number of hydrogen-bond acceptors (Lipinski definition) is 3. The number of carbonyl (C=O) groups is 1. The Kier molecular flexibility index (Phi) is 7.38. The lowest BCUT2D eigenvalue weighted by Crippen LogP contribution is -2.27. The number of hydrogen-bond donors (Lipinski definition) is 1. The van der Waals surface area contributed by atoms with Gasteiger partial charge in [0.1, 0.15) is 0 Å². The highest BCUT2D eigenvalue weighted by Gasteiger charge is 1.96. The third-order valence-electron chi connectivity index (χ3n) is 1.03. The molecule has 0 radical (unpaired) electrons. The van der Waals surface area contributed by atoms with Gasteiger partial charge in [-0.2, -0.15) is 0 Å². The lowest BCUT2D eigenvalue weighted by molar-refractivity contribution is 0.137. The summed E-state index contributed by atoms with van der Waals surface area (Å²) in [5.74, 6) is 0. The van der Waals surface area contributed by atoms with Crippen molar-refractivity contribution in [3.8, 4) is 0 Å². The topological polar surface area (TPSA) is 47.6 Å². The Hall–Kier alpha value is -1.03. The van der Waals surface area contributed by atoms with Crippen LogP contribution in [-0.2, 0) is 9.47 Å². The smallest absolute Gasteiger partial charge is 0.407 e. The van der Waals surface area contributed by atoms with Gasteiger partial charge in [0, 0.05) is 6.54 Å². The molecular formula is C8H15NO3. The van der Waals surface area contributed by atoms with Gasteiger partial charge in [0.25, 0.3) is 0 Å². The van der Waals surface area contributed by atoms with Crippen LogP contribution in [0.4, 0.5) is 4.79 Å². The average Bonchev–Trinajstić information content (AvgIpc) is 2.05. The van der Waals surface area contributed by atoms with Gasteiger partial charge in [-0.25, -0.2) is 4.79 Å². The first-order valence-corrected chi connectivity index (χ1v) is 3.90. The number of nitrogens with one attached hydrogen (secondary N) is 1.